The zero-order chi connectivity index (χ0) is 31.0. The number of hydrogen-bond donors (Lipinski definition) is 4. The number of hydrazone groups is 1. The maximum atomic E-state index is 13.1. The van der Waals surface area contributed by atoms with Crippen LogP contribution in [0.3, 0.4) is 0 Å². The molecule has 13 heteroatoms. The van der Waals surface area contributed by atoms with E-state index in [1.807, 2.05) is 4.90 Å². The molecular formula is C29H29BrClF3N4O4. The van der Waals surface area contributed by atoms with Crippen LogP contribution in [0.15, 0.2) is 70.2 Å². The van der Waals surface area contributed by atoms with Crippen molar-refractivity contribution in [3.63, 3.8) is 0 Å². The van der Waals surface area contributed by atoms with E-state index in [0.29, 0.717) is 29.7 Å². The highest BCUT2D eigenvalue weighted by Gasteiger charge is 2.33. The predicted octanol–water partition coefficient (Wildman–Crippen LogP) is 5.70. The van der Waals surface area contributed by atoms with E-state index in [-0.39, 0.29) is 16.8 Å². The molecule has 0 spiro atoms. The molecule has 2 atom stereocenters. The Morgan fingerprint density at radius 3 is 2.24 bits per heavy atom. The Kier molecular flexibility index (Phi) is 11.7. The number of nitrogens with zero attached hydrogens (tertiary/aromatic N) is 2. The fourth-order valence-electron chi connectivity index (χ4n) is 4.04. The minimum absolute atomic E-state index is 0.0606. The van der Waals surface area contributed by atoms with Crippen LogP contribution in [0.4, 0.5) is 18.9 Å². The Morgan fingerprint density at radius 1 is 1.00 bits per heavy atom. The molecule has 0 saturated heterocycles. The summed E-state index contributed by atoms with van der Waals surface area (Å²) in [5.74, 6) is -1.19. The predicted molar refractivity (Wildman–Crippen MR) is 159 cm³/mol. The average molecular weight is 670 g/mol. The maximum absolute atomic E-state index is 13.1. The lowest BCUT2D eigenvalue weighted by molar-refractivity contribution is -0.137. The standard InChI is InChI=1S/C29H29BrClF3N4O4/c1-17(39)14-38(15-18(2)40)16-19-3-6-21(7-4-19)27(41)36-26-10-8-22(30)12-23(26)28(42)37-35-13-20-5-9-25(31)24(11-20)29(32,33)34/h3-13,17-18,39-40H,14-16H2,1-2H3,(H,36,41)(H,37,42)/b35-13-. The largest absolute Gasteiger partial charge is 0.417 e. The third-order valence-electron chi connectivity index (χ3n) is 5.82. The van der Waals surface area contributed by atoms with Crippen LogP contribution in [-0.4, -0.2) is 58.4 Å². The topological polar surface area (TPSA) is 114 Å². The van der Waals surface area contributed by atoms with Crippen molar-refractivity contribution in [3.8, 4) is 0 Å². The molecule has 3 aromatic carbocycles. The summed E-state index contributed by atoms with van der Waals surface area (Å²) in [6.45, 7) is 4.54. The van der Waals surface area contributed by atoms with Gasteiger partial charge in [0.1, 0.15) is 0 Å². The third kappa shape index (κ3) is 9.92. The van der Waals surface area contributed by atoms with E-state index in [9.17, 15) is 33.0 Å². The fraction of sp³-hybridized carbons (Fsp3) is 0.276. The number of alkyl halides is 3. The van der Waals surface area contributed by atoms with E-state index in [1.165, 1.54) is 18.2 Å². The van der Waals surface area contributed by atoms with Gasteiger partial charge in [0.05, 0.1) is 40.3 Å². The van der Waals surface area contributed by atoms with Crippen molar-refractivity contribution >= 4 is 51.2 Å². The normalized spacial score (nSPS) is 13.3. The number of nitrogens with one attached hydrogen (secondary N) is 2. The van der Waals surface area contributed by atoms with Crippen molar-refractivity contribution in [1.82, 2.24) is 10.3 Å². The monoisotopic (exact) mass is 668 g/mol. The molecule has 2 amide bonds. The van der Waals surface area contributed by atoms with Crippen LogP contribution < -0.4 is 10.7 Å². The smallest absolute Gasteiger partial charge is 0.392 e. The highest BCUT2D eigenvalue weighted by molar-refractivity contribution is 9.10. The lowest BCUT2D eigenvalue weighted by atomic mass is 10.1. The molecule has 42 heavy (non-hydrogen) atoms. The number of amides is 2. The molecule has 8 nitrogen and oxygen atoms in total. The molecule has 0 fully saturated rings. The van der Waals surface area contributed by atoms with Gasteiger partial charge in [-0.2, -0.15) is 18.3 Å². The second-order valence-corrected chi connectivity index (χ2v) is 11.0. The van der Waals surface area contributed by atoms with Crippen LogP contribution in [0, 0.1) is 0 Å². The summed E-state index contributed by atoms with van der Waals surface area (Å²) in [5.41, 5.74) is 2.74. The van der Waals surface area contributed by atoms with Crippen molar-refractivity contribution in [2.45, 2.75) is 38.8 Å². The molecule has 2 unspecified atom stereocenters. The Hall–Kier alpha value is -3.29. The Balaban J connectivity index is 1.70. The van der Waals surface area contributed by atoms with Crippen molar-refractivity contribution < 1.29 is 33.0 Å². The van der Waals surface area contributed by atoms with Crippen LogP contribution in [-0.2, 0) is 12.7 Å². The SMILES string of the molecule is CC(O)CN(Cc1ccc(C(=O)Nc2ccc(Br)cc2C(=O)N/N=C\c2ccc(Cl)c(C(F)(F)F)c2)cc1)CC(C)O. The van der Waals surface area contributed by atoms with Crippen LogP contribution in [0.1, 0.15) is 51.3 Å². The number of anilines is 1. The summed E-state index contributed by atoms with van der Waals surface area (Å²) in [6.07, 6.45) is -4.75. The minimum Gasteiger partial charge on any atom is -0.392 e. The van der Waals surface area contributed by atoms with Crippen molar-refractivity contribution in [2.75, 3.05) is 18.4 Å². The van der Waals surface area contributed by atoms with Gasteiger partial charge in [-0.3, -0.25) is 14.5 Å². The molecule has 0 radical (unpaired) electrons. The molecule has 3 rings (SSSR count). The summed E-state index contributed by atoms with van der Waals surface area (Å²) < 4.78 is 39.9. The van der Waals surface area contributed by atoms with Crippen molar-refractivity contribution in [1.29, 1.82) is 0 Å². The van der Waals surface area contributed by atoms with Gasteiger partial charge in [0.15, 0.2) is 0 Å². The zero-order valence-electron chi connectivity index (χ0n) is 22.6. The molecule has 0 aliphatic rings. The maximum Gasteiger partial charge on any atom is 0.417 e. The van der Waals surface area contributed by atoms with E-state index < -0.39 is 40.8 Å². The van der Waals surface area contributed by atoms with Gasteiger partial charge in [-0.25, -0.2) is 5.43 Å². The van der Waals surface area contributed by atoms with E-state index in [4.69, 9.17) is 11.6 Å². The Bertz CT molecular complexity index is 1420. The first kappa shape index (κ1) is 33.2. The molecule has 3 aromatic rings. The second-order valence-electron chi connectivity index (χ2n) is 9.67. The highest BCUT2D eigenvalue weighted by atomic mass is 79.9. The van der Waals surface area contributed by atoms with Crippen LogP contribution >= 0.6 is 27.5 Å². The Morgan fingerprint density at radius 2 is 1.64 bits per heavy atom. The quantitative estimate of drug-likeness (QED) is 0.155. The number of halogens is 5. The molecular weight excluding hydrogens is 641 g/mol. The summed E-state index contributed by atoms with van der Waals surface area (Å²) in [7, 11) is 0. The van der Waals surface area contributed by atoms with Crippen LogP contribution in [0.2, 0.25) is 5.02 Å². The fourth-order valence-corrected chi connectivity index (χ4v) is 4.63. The number of hydrogen-bond acceptors (Lipinski definition) is 6. The van der Waals surface area contributed by atoms with Gasteiger partial charge in [-0.15, -0.1) is 0 Å². The molecule has 0 aliphatic carbocycles. The van der Waals surface area contributed by atoms with Gasteiger partial charge >= 0.3 is 6.18 Å². The summed E-state index contributed by atoms with van der Waals surface area (Å²) in [6, 6.07) is 14.6. The first-order valence-corrected chi connectivity index (χ1v) is 13.9. The number of aliphatic hydroxyl groups is 2. The second kappa shape index (κ2) is 14.7. The molecule has 0 aliphatic heterocycles. The van der Waals surface area contributed by atoms with Crippen LogP contribution in [0.25, 0.3) is 0 Å². The summed E-state index contributed by atoms with van der Waals surface area (Å²) >= 11 is 8.92. The third-order valence-corrected chi connectivity index (χ3v) is 6.64. The molecule has 224 valence electrons. The van der Waals surface area contributed by atoms with Gasteiger partial charge in [0.25, 0.3) is 11.8 Å². The molecule has 0 aromatic heterocycles. The summed E-state index contributed by atoms with van der Waals surface area (Å²) in [4.78, 5) is 27.7. The molecule has 4 N–H and O–H groups in total. The van der Waals surface area contributed by atoms with Gasteiger partial charge in [-0.05, 0) is 67.4 Å². The highest BCUT2D eigenvalue weighted by Crippen LogP contribution is 2.34. The molecule has 0 heterocycles. The van der Waals surface area contributed by atoms with E-state index in [0.717, 1.165) is 23.9 Å². The average Bonchev–Trinajstić information content (AvgIpc) is 2.89. The Labute approximate surface area is 254 Å². The number of aliphatic hydroxyl groups excluding tert-OH is 2. The van der Waals surface area contributed by atoms with Crippen molar-refractivity contribution in [3.05, 3.63) is 98.0 Å². The van der Waals surface area contributed by atoms with E-state index in [1.54, 1.807) is 44.2 Å². The number of carbonyl (C=O) groups excluding carboxylic acids is 2. The minimum atomic E-state index is -4.65. The van der Waals surface area contributed by atoms with Gasteiger partial charge in [0, 0.05) is 29.7 Å². The van der Waals surface area contributed by atoms with Gasteiger partial charge in [-0.1, -0.05) is 45.7 Å². The van der Waals surface area contributed by atoms with E-state index in [2.05, 4.69) is 31.8 Å². The number of rotatable bonds is 11. The van der Waals surface area contributed by atoms with Crippen LogP contribution in [0.5, 0.6) is 0 Å². The van der Waals surface area contributed by atoms with Gasteiger partial charge < -0.3 is 15.5 Å². The first-order chi connectivity index (χ1) is 19.7. The van der Waals surface area contributed by atoms with Gasteiger partial charge in [0.2, 0.25) is 0 Å². The zero-order valence-corrected chi connectivity index (χ0v) is 25.0. The summed E-state index contributed by atoms with van der Waals surface area (Å²) in [5, 5.41) is 25.5. The van der Waals surface area contributed by atoms with Crippen molar-refractivity contribution in [2.24, 2.45) is 5.10 Å². The first-order valence-electron chi connectivity index (χ1n) is 12.7. The lowest BCUT2D eigenvalue weighted by Crippen LogP contribution is -2.35. The van der Waals surface area contributed by atoms with E-state index >= 15 is 0 Å². The number of benzene rings is 3. The molecule has 0 saturated carbocycles. The lowest BCUT2D eigenvalue weighted by Gasteiger charge is -2.25. The molecule has 0 bridgehead atoms. The number of carbonyl (C=O) groups is 2.